The Morgan fingerprint density at radius 1 is 1.42 bits per heavy atom. The second kappa shape index (κ2) is 4.94. The number of carbonyl (C=O) groups is 1. The lowest BCUT2D eigenvalue weighted by Crippen LogP contribution is -2.23. The van der Waals surface area contributed by atoms with Gasteiger partial charge in [0.05, 0.1) is 5.92 Å². The van der Waals surface area contributed by atoms with E-state index in [1.54, 1.807) is 11.3 Å². The highest BCUT2D eigenvalue weighted by atomic mass is 32.1. The van der Waals surface area contributed by atoms with Gasteiger partial charge in [-0.3, -0.25) is 9.69 Å². The maximum Gasteiger partial charge on any atom is 0.308 e. The van der Waals surface area contributed by atoms with E-state index in [-0.39, 0.29) is 11.8 Å². The van der Waals surface area contributed by atoms with E-state index in [4.69, 9.17) is 0 Å². The van der Waals surface area contributed by atoms with Crippen molar-refractivity contribution in [2.45, 2.75) is 13.5 Å². The monoisotopic (exact) mass is 275 g/mol. The summed E-state index contributed by atoms with van der Waals surface area (Å²) in [5, 5.41) is 12.7. The Hall–Kier alpha value is -1.39. The lowest BCUT2D eigenvalue weighted by molar-refractivity contribution is -0.142. The summed E-state index contributed by atoms with van der Waals surface area (Å²) >= 11 is 1.76. The molecule has 3 rings (SSSR count). The molecule has 0 amide bonds. The fourth-order valence-electron chi connectivity index (χ4n) is 2.91. The van der Waals surface area contributed by atoms with Crippen molar-refractivity contribution in [1.29, 1.82) is 0 Å². The van der Waals surface area contributed by atoms with Crippen LogP contribution in [-0.2, 0) is 11.3 Å². The third kappa shape index (κ3) is 2.38. The van der Waals surface area contributed by atoms with Gasteiger partial charge in [0.2, 0.25) is 0 Å². The Kier molecular flexibility index (Phi) is 3.29. The minimum Gasteiger partial charge on any atom is -0.481 e. The highest BCUT2D eigenvalue weighted by molar-refractivity contribution is 7.17. The molecule has 0 spiro atoms. The predicted octanol–water partition coefficient (Wildman–Crippen LogP) is 3.05. The van der Waals surface area contributed by atoms with Gasteiger partial charge in [-0.1, -0.05) is 25.1 Å². The first-order chi connectivity index (χ1) is 9.15. The van der Waals surface area contributed by atoms with Crippen LogP contribution in [0.3, 0.4) is 0 Å². The lowest BCUT2D eigenvalue weighted by Gasteiger charge is -2.14. The number of carboxylic acids is 1. The van der Waals surface area contributed by atoms with Crippen LogP contribution in [0.15, 0.2) is 29.6 Å². The quantitative estimate of drug-likeness (QED) is 0.936. The number of hydrogen-bond acceptors (Lipinski definition) is 3. The zero-order valence-electron chi connectivity index (χ0n) is 10.9. The molecule has 0 radical (unpaired) electrons. The highest BCUT2D eigenvalue weighted by Gasteiger charge is 2.34. The molecule has 100 valence electrons. The van der Waals surface area contributed by atoms with Crippen LogP contribution in [0.4, 0.5) is 0 Å². The average molecular weight is 275 g/mol. The SMILES string of the molecule is CC1CN(Cc2csc3ccccc23)CC1C(=O)O. The largest absolute Gasteiger partial charge is 0.481 e. The van der Waals surface area contributed by atoms with Crippen LogP contribution in [0.25, 0.3) is 10.1 Å². The zero-order valence-corrected chi connectivity index (χ0v) is 11.7. The van der Waals surface area contributed by atoms with Crippen LogP contribution in [0.5, 0.6) is 0 Å². The van der Waals surface area contributed by atoms with E-state index in [1.807, 2.05) is 6.92 Å². The van der Waals surface area contributed by atoms with E-state index in [9.17, 15) is 9.90 Å². The van der Waals surface area contributed by atoms with Gasteiger partial charge in [-0.2, -0.15) is 0 Å². The summed E-state index contributed by atoms with van der Waals surface area (Å²) in [4.78, 5) is 13.4. The van der Waals surface area contributed by atoms with Crippen LogP contribution in [0, 0.1) is 11.8 Å². The summed E-state index contributed by atoms with van der Waals surface area (Å²) in [7, 11) is 0. The first kappa shape index (κ1) is 12.6. The number of hydrogen-bond donors (Lipinski definition) is 1. The summed E-state index contributed by atoms with van der Waals surface area (Å²) in [6, 6.07) is 8.40. The van der Waals surface area contributed by atoms with Crippen LogP contribution in [0.1, 0.15) is 12.5 Å². The third-order valence-electron chi connectivity index (χ3n) is 3.96. The molecule has 0 bridgehead atoms. The van der Waals surface area contributed by atoms with Gasteiger partial charge in [-0.05, 0) is 28.3 Å². The second-order valence-corrected chi connectivity index (χ2v) is 6.28. The van der Waals surface area contributed by atoms with Gasteiger partial charge in [0, 0.05) is 24.3 Å². The van der Waals surface area contributed by atoms with Crippen molar-refractivity contribution in [1.82, 2.24) is 4.90 Å². The zero-order chi connectivity index (χ0) is 13.4. The molecule has 2 heterocycles. The van der Waals surface area contributed by atoms with E-state index in [1.165, 1.54) is 15.6 Å². The van der Waals surface area contributed by atoms with E-state index in [2.05, 4.69) is 34.5 Å². The van der Waals surface area contributed by atoms with Gasteiger partial charge < -0.3 is 5.11 Å². The number of likely N-dealkylation sites (tertiary alicyclic amines) is 1. The van der Waals surface area contributed by atoms with Crippen molar-refractivity contribution in [3.05, 3.63) is 35.2 Å². The lowest BCUT2D eigenvalue weighted by atomic mass is 9.99. The van der Waals surface area contributed by atoms with Gasteiger partial charge >= 0.3 is 5.97 Å². The fraction of sp³-hybridized carbons (Fsp3) is 0.400. The van der Waals surface area contributed by atoms with Crippen molar-refractivity contribution >= 4 is 27.4 Å². The number of fused-ring (bicyclic) bond motifs is 1. The number of carboxylic acid groups (broad SMARTS) is 1. The minimum atomic E-state index is -0.662. The molecule has 1 aromatic carbocycles. The van der Waals surface area contributed by atoms with E-state index >= 15 is 0 Å². The first-order valence-corrected chi connectivity index (χ1v) is 7.43. The molecule has 2 aromatic rings. The Morgan fingerprint density at radius 2 is 2.21 bits per heavy atom. The van der Waals surface area contributed by atoms with Gasteiger partial charge in [0.15, 0.2) is 0 Å². The summed E-state index contributed by atoms with van der Waals surface area (Å²) < 4.78 is 1.31. The Bertz CT molecular complexity index is 607. The summed E-state index contributed by atoms with van der Waals surface area (Å²) in [6.07, 6.45) is 0. The second-order valence-electron chi connectivity index (χ2n) is 5.37. The number of thiophene rings is 1. The minimum absolute atomic E-state index is 0.218. The van der Waals surface area contributed by atoms with Crippen LogP contribution < -0.4 is 0 Å². The maximum absolute atomic E-state index is 11.1. The van der Waals surface area contributed by atoms with Crippen LogP contribution in [-0.4, -0.2) is 29.1 Å². The number of benzene rings is 1. The van der Waals surface area contributed by atoms with Crippen molar-refractivity contribution < 1.29 is 9.90 Å². The van der Waals surface area contributed by atoms with Crippen molar-refractivity contribution in [3.8, 4) is 0 Å². The standard InChI is InChI=1S/C15H17NO2S/c1-10-6-16(8-13(10)15(17)18)7-11-9-19-14-5-3-2-4-12(11)14/h2-5,9-10,13H,6-8H2,1H3,(H,17,18). The molecule has 19 heavy (non-hydrogen) atoms. The summed E-state index contributed by atoms with van der Waals surface area (Å²) in [5.41, 5.74) is 1.32. The molecule has 1 aromatic heterocycles. The number of nitrogens with zero attached hydrogens (tertiary/aromatic N) is 1. The molecule has 1 aliphatic heterocycles. The van der Waals surface area contributed by atoms with Gasteiger partial charge in [-0.15, -0.1) is 11.3 Å². The maximum atomic E-state index is 11.1. The molecule has 4 heteroatoms. The molecular formula is C15H17NO2S. The molecule has 1 saturated heterocycles. The van der Waals surface area contributed by atoms with Crippen molar-refractivity contribution in [2.75, 3.05) is 13.1 Å². The number of rotatable bonds is 3. The normalized spacial score (nSPS) is 24.1. The molecule has 1 aliphatic rings. The fourth-order valence-corrected chi connectivity index (χ4v) is 3.87. The van der Waals surface area contributed by atoms with E-state index < -0.39 is 5.97 Å². The van der Waals surface area contributed by atoms with Crippen LogP contribution in [0.2, 0.25) is 0 Å². The summed E-state index contributed by atoms with van der Waals surface area (Å²) in [6.45, 7) is 4.43. The van der Waals surface area contributed by atoms with Gasteiger partial charge in [0.1, 0.15) is 0 Å². The van der Waals surface area contributed by atoms with E-state index in [0.29, 0.717) is 6.54 Å². The predicted molar refractivity (Wildman–Crippen MR) is 77.4 cm³/mol. The average Bonchev–Trinajstić information content (AvgIpc) is 2.95. The molecule has 0 aliphatic carbocycles. The van der Waals surface area contributed by atoms with Gasteiger partial charge in [0.25, 0.3) is 0 Å². The van der Waals surface area contributed by atoms with E-state index in [0.717, 1.165) is 13.1 Å². The topological polar surface area (TPSA) is 40.5 Å². The molecule has 1 fully saturated rings. The Balaban J connectivity index is 1.78. The molecule has 0 saturated carbocycles. The first-order valence-electron chi connectivity index (χ1n) is 6.55. The molecule has 3 nitrogen and oxygen atoms in total. The number of aliphatic carboxylic acids is 1. The van der Waals surface area contributed by atoms with Gasteiger partial charge in [-0.25, -0.2) is 0 Å². The van der Waals surface area contributed by atoms with Crippen LogP contribution >= 0.6 is 11.3 Å². The molecule has 2 unspecified atom stereocenters. The smallest absolute Gasteiger partial charge is 0.308 e. The highest BCUT2D eigenvalue weighted by Crippen LogP contribution is 2.30. The molecule has 1 N–H and O–H groups in total. The summed E-state index contributed by atoms with van der Waals surface area (Å²) in [5.74, 6) is -0.641. The van der Waals surface area contributed by atoms with Crippen molar-refractivity contribution in [3.63, 3.8) is 0 Å². The third-order valence-corrected chi connectivity index (χ3v) is 4.97. The van der Waals surface area contributed by atoms with Crippen molar-refractivity contribution in [2.24, 2.45) is 11.8 Å². The molecular weight excluding hydrogens is 258 g/mol. The Morgan fingerprint density at radius 3 is 2.95 bits per heavy atom. The molecule has 2 atom stereocenters. The Labute approximate surface area is 116 Å².